The van der Waals surface area contributed by atoms with Crippen molar-refractivity contribution in [3.05, 3.63) is 47.5 Å². The van der Waals surface area contributed by atoms with Crippen LogP contribution in [-0.2, 0) is 9.59 Å². The number of hydrogen-bond acceptors (Lipinski definition) is 3. The minimum atomic E-state index is -0.392. The minimum Gasteiger partial charge on any atom is -0.294 e. The van der Waals surface area contributed by atoms with Gasteiger partial charge < -0.3 is 0 Å². The van der Waals surface area contributed by atoms with Crippen LogP contribution in [0.4, 0.5) is 0 Å². The van der Waals surface area contributed by atoms with Crippen molar-refractivity contribution in [1.29, 1.82) is 0 Å². The molecule has 1 rings (SSSR count). The van der Waals surface area contributed by atoms with E-state index in [1.165, 1.54) is 13.8 Å². The first kappa shape index (κ1) is 12.0. The Labute approximate surface area is 93.8 Å². The van der Waals surface area contributed by atoms with Crippen LogP contribution in [0.3, 0.4) is 0 Å². The van der Waals surface area contributed by atoms with Crippen molar-refractivity contribution in [2.45, 2.75) is 13.8 Å². The highest BCUT2D eigenvalue weighted by Gasteiger charge is 2.12. The van der Waals surface area contributed by atoms with E-state index in [0.717, 1.165) is 6.08 Å². The maximum Gasteiger partial charge on any atom is 0.186 e. The molecule has 0 saturated heterocycles. The van der Waals surface area contributed by atoms with Gasteiger partial charge in [-0.15, -0.1) is 0 Å². The van der Waals surface area contributed by atoms with Gasteiger partial charge in [-0.2, -0.15) is 0 Å². The topological polar surface area (TPSA) is 51.2 Å². The molecule has 0 unspecified atom stereocenters. The first-order chi connectivity index (χ1) is 7.52. The number of rotatable bonds is 4. The second-order valence-electron chi connectivity index (χ2n) is 3.40. The number of ketones is 3. The lowest BCUT2D eigenvalue weighted by molar-refractivity contribution is -0.119. The molecule has 3 heteroatoms. The highest BCUT2D eigenvalue weighted by Crippen LogP contribution is 2.05. The molecule has 0 spiro atoms. The molecule has 0 radical (unpaired) electrons. The molecule has 0 aliphatic carbocycles. The van der Waals surface area contributed by atoms with Crippen molar-refractivity contribution in [2.24, 2.45) is 0 Å². The van der Waals surface area contributed by atoms with Crippen LogP contribution >= 0.6 is 0 Å². The Morgan fingerprint density at radius 1 is 0.938 bits per heavy atom. The average Bonchev–Trinajstić information content (AvgIpc) is 2.25. The van der Waals surface area contributed by atoms with Crippen LogP contribution in [0, 0.1) is 0 Å². The minimum absolute atomic E-state index is 0.0612. The molecular weight excluding hydrogens is 204 g/mol. The van der Waals surface area contributed by atoms with Gasteiger partial charge in [0, 0.05) is 11.6 Å². The molecule has 1 aromatic rings. The molecule has 3 nitrogen and oxygen atoms in total. The largest absolute Gasteiger partial charge is 0.294 e. The molecule has 1 aromatic carbocycles. The normalized spacial score (nSPS) is 9.38. The lowest BCUT2D eigenvalue weighted by Crippen LogP contribution is -2.09. The Balaban J connectivity index is 3.04. The Morgan fingerprint density at radius 3 is 1.88 bits per heavy atom. The standard InChI is InChI=1S/C13H12O3/c1-9(14)12(10(2)15)8-13(16)11-6-4-3-5-7-11/h3-8H,1-2H3. The number of allylic oxidation sites excluding steroid dienone is 2. The van der Waals surface area contributed by atoms with Crippen LogP contribution in [0.1, 0.15) is 24.2 Å². The van der Waals surface area contributed by atoms with Crippen molar-refractivity contribution >= 4 is 17.3 Å². The highest BCUT2D eigenvalue weighted by molar-refractivity contribution is 6.23. The lowest BCUT2D eigenvalue weighted by Gasteiger charge is -1.98. The molecule has 0 amide bonds. The van der Waals surface area contributed by atoms with Crippen LogP contribution in [0.25, 0.3) is 0 Å². The van der Waals surface area contributed by atoms with E-state index in [1.807, 2.05) is 0 Å². The van der Waals surface area contributed by atoms with Gasteiger partial charge in [0.15, 0.2) is 17.3 Å². The summed E-state index contributed by atoms with van der Waals surface area (Å²) >= 11 is 0. The van der Waals surface area contributed by atoms with Crippen LogP contribution < -0.4 is 0 Å². The zero-order valence-corrected chi connectivity index (χ0v) is 9.19. The second kappa shape index (κ2) is 5.16. The van der Waals surface area contributed by atoms with E-state index in [0.29, 0.717) is 5.56 Å². The third kappa shape index (κ3) is 2.98. The smallest absolute Gasteiger partial charge is 0.186 e. The predicted octanol–water partition coefficient (Wildman–Crippen LogP) is 1.97. The van der Waals surface area contributed by atoms with Crippen molar-refractivity contribution < 1.29 is 14.4 Å². The molecular formula is C13H12O3. The Kier molecular flexibility index (Phi) is 3.89. The summed E-state index contributed by atoms with van der Waals surface area (Å²) in [6.45, 7) is 2.54. The summed E-state index contributed by atoms with van der Waals surface area (Å²) in [7, 11) is 0. The van der Waals surface area contributed by atoms with Gasteiger partial charge in [-0.1, -0.05) is 30.3 Å². The van der Waals surface area contributed by atoms with Crippen molar-refractivity contribution in [3.63, 3.8) is 0 Å². The van der Waals surface area contributed by atoms with E-state index in [1.54, 1.807) is 30.3 Å². The first-order valence-electron chi connectivity index (χ1n) is 4.85. The number of carbonyl (C=O) groups is 3. The van der Waals surface area contributed by atoms with Gasteiger partial charge in [0.1, 0.15) is 0 Å². The molecule has 16 heavy (non-hydrogen) atoms. The van der Waals surface area contributed by atoms with E-state index in [9.17, 15) is 14.4 Å². The summed E-state index contributed by atoms with van der Waals surface area (Å²) in [6.07, 6.45) is 1.10. The van der Waals surface area contributed by atoms with E-state index >= 15 is 0 Å². The summed E-state index contributed by atoms with van der Waals surface area (Å²) in [4.78, 5) is 33.9. The second-order valence-corrected chi connectivity index (χ2v) is 3.40. The molecule has 0 aliphatic heterocycles. The summed E-state index contributed by atoms with van der Waals surface area (Å²) in [5, 5.41) is 0. The number of Topliss-reactive ketones (excluding diaryl/α,β-unsaturated/α-hetero) is 2. The van der Waals surface area contributed by atoms with Gasteiger partial charge >= 0.3 is 0 Å². The molecule has 0 aromatic heterocycles. The summed E-state index contributed by atoms with van der Waals surface area (Å²) in [6, 6.07) is 8.51. The van der Waals surface area contributed by atoms with Crippen molar-refractivity contribution in [3.8, 4) is 0 Å². The van der Waals surface area contributed by atoms with Gasteiger partial charge in [0.2, 0.25) is 0 Å². The van der Waals surface area contributed by atoms with E-state index in [4.69, 9.17) is 0 Å². The third-order valence-corrected chi connectivity index (χ3v) is 2.09. The van der Waals surface area contributed by atoms with Crippen LogP contribution in [0.5, 0.6) is 0 Å². The summed E-state index contributed by atoms with van der Waals surface area (Å²) in [5.41, 5.74) is 0.399. The summed E-state index contributed by atoms with van der Waals surface area (Å²) < 4.78 is 0. The maximum atomic E-state index is 11.7. The van der Waals surface area contributed by atoms with Crippen molar-refractivity contribution in [1.82, 2.24) is 0 Å². The SMILES string of the molecule is CC(=O)C(=CC(=O)c1ccccc1)C(C)=O. The Hall–Kier alpha value is -2.03. The molecule has 0 bridgehead atoms. The van der Waals surface area contributed by atoms with Gasteiger partial charge in [0.05, 0.1) is 5.57 Å². The number of benzene rings is 1. The monoisotopic (exact) mass is 216 g/mol. The zero-order chi connectivity index (χ0) is 12.1. The highest BCUT2D eigenvalue weighted by atomic mass is 16.2. The van der Waals surface area contributed by atoms with Gasteiger partial charge in [-0.05, 0) is 13.8 Å². The Morgan fingerprint density at radius 2 is 1.44 bits per heavy atom. The molecule has 0 fully saturated rings. The average molecular weight is 216 g/mol. The molecule has 0 heterocycles. The first-order valence-corrected chi connectivity index (χ1v) is 4.85. The molecule has 0 saturated carbocycles. The lowest BCUT2D eigenvalue weighted by atomic mass is 10.0. The molecule has 0 aliphatic rings. The number of hydrogen-bond donors (Lipinski definition) is 0. The quantitative estimate of drug-likeness (QED) is 0.334. The van der Waals surface area contributed by atoms with E-state index in [2.05, 4.69) is 0 Å². The fourth-order valence-electron chi connectivity index (χ4n) is 1.27. The van der Waals surface area contributed by atoms with Gasteiger partial charge in [0.25, 0.3) is 0 Å². The van der Waals surface area contributed by atoms with Crippen molar-refractivity contribution in [2.75, 3.05) is 0 Å². The zero-order valence-electron chi connectivity index (χ0n) is 9.19. The van der Waals surface area contributed by atoms with Crippen LogP contribution in [0.15, 0.2) is 42.0 Å². The third-order valence-electron chi connectivity index (χ3n) is 2.09. The molecule has 0 N–H and O–H groups in total. The van der Waals surface area contributed by atoms with Gasteiger partial charge in [-0.25, -0.2) is 0 Å². The fourth-order valence-corrected chi connectivity index (χ4v) is 1.27. The van der Waals surface area contributed by atoms with Gasteiger partial charge in [-0.3, -0.25) is 14.4 Å². The summed E-state index contributed by atoms with van der Waals surface area (Å²) in [5.74, 6) is -1.12. The maximum absolute atomic E-state index is 11.7. The van der Waals surface area contributed by atoms with E-state index in [-0.39, 0.29) is 11.4 Å². The molecule has 0 atom stereocenters. The number of carbonyl (C=O) groups excluding carboxylic acids is 3. The predicted molar refractivity (Wildman–Crippen MR) is 60.2 cm³/mol. The Bertz CT molecular complexity index is 439. The molecule has 82 valence electrons. The van der Waals surface area contributed by atoms with Crippen LogP contribution in [-0.4, -0.2) is 17.3 Å². The fraction of sp³-hybridized carbons (Fsp3) is 0.154. The van der Waals surface area contributed by atoms with E-state index < -0.39 is 11.6 Å². The van der Waals surface area contributed by atoms with Crippen LogP contribution in [0.2, 0.25) is 0 Å².